The van der Waals surface area contributed by atoms with Crippen LogP contribution >= 0.6 is 22.6 Å². The van der Waals surface area contributed by atoms with E-state index in [-0.39, 0.29) is 12.5 Å². The topological polar surface area (TPSA) is 26.3 Å². The molecule has 1 heterocycles. The van der Waals surface area contributed by atoms with Gasteiger partial charge in [-0.1, -0.05) is 22.6 Å². The third-order valence-corrected chi connectivity index (χ3v) is 2.16. The Labute approximate surface area is 65.9 Å². The Bertz CT molecular complexity index is 128. The second-order valence-corrected chi connectivity index (χ2v) is 2.80. The van der Waals surface area contributed by atoms with Crippen molar-refractivity contribution in [3.63, 3.8) is 0 Å². The molecule has 0 aromatic heterocycles. The summed E-state index contributed by atoms with van der Waals surface area (Å²) in [5.41, 5.74) is 0. The van der Waals surface area contributed by atoms with Crippen LogP contribution in [0.1, 0.15) is 6.42 Å². The van der Waals surface area contributed by atoms with Crippen molar-refractivity contribution < 1.29 is 13.9 Å². The maximum atomic E-state index is 12.3. The number of hydrogen-bond acceptors (Lipinski definition) is 2. The summed E-state index contributed by atoms with van der Waals surface area (Å²) in [7, 11) is 0. The molecule has 0 aromatic carbocycles. The molecule has 1 aliphatic rings. The first-order chi connectivity index (χ1) is 4.24. The quantitative estimate of drug-likeness (QED) is 0.392. The minimum atomic E-state index is -1.37. The van der Waals surface area contributed by atoms with Crippen LogP contribution in [0.15, 0.2) is 0 Å². The molecule has 2 nitrogen and oxygen atoms in total. The molecule has 1 aliphatic heterocycles. The van der Waals surface area contributed by atoms with E-state index in [1.807, 2.05) is 0 Å². The van der Waals surface area contributed by atoms with Crippen LogP contribution in [-0.4, -0.2) is 22.7 Å². The van der Waals surface area contributed by atoms with E-state index < -0.39 is 12.1 Å². The van der Waals surface area contributed by atoms with Crippen LogP contribution in [-0.2, 0) is 9.53 Å². The van der Waals surface area contributed by atoms with Crippen LogP contribution < -0.4 is 0 Å². The molecule has 1 fully saturated rings. The van der Waals surface area contributed by atoms with Gasteiger partial charge in [-0.25, -0.2) is 9.18 Å². The predicted octanol–water partition coefficient (Wildman–Crippen LogP) is 1.07. The smallest absolute Gasteiger partial charge is 0.341 e. The maximum absolute atomic E-state index is 12.3. The van der Waals surface area contributed by atoms with Crippen molar-refractivity contribution in [3.05, 3.63) is 0 Å². The largest absolute Gasteiger partial charge is 0.459 e. The molecule has 9 heavy (non-hydrogen) atoms. The molecule has 0 amide bonds. The zero-order valence-corrected chi connectivity index (χ0v) is 6.80. The number of carbonyl (C=O) groups is 1. The summed E-state index contributed by atoms with van der Waals surface area (Å²) in [5.74, 6) is -0.698. The van der Waals surface area contributed by atoms with Gasteiger partial charge >= 0.3 is 5.97 Å². The minimum Gasteiger partial charge on any atom is -0.459 e. The molecule has 0 N–H and O–H groups in total. The molecule has 0 aliphatic carbocycles. The summed E-state index contributed by atoms with van der Waals surface area (Å²) in [6.07, 6.45) is -1.32. The van der Waals surface area contributed by atoms with Crippen LogP contribution in [0.2, 0.25) is 0 Å². The Balaban J connectivity index is 2.44. The van der Waals surface area contributed by atoms with Gasteiger partial charge in [0.15, 0.2) is 0 Å². The molecule has 0 radical (unpaired) electrons. The van der Waals surface area contributed by atoms with Gasteiger partial charge in [0, 0.05) is 10.8 Å². The fraction of sp³-hybridized carbons (Fsp3) is 0.800. The summed E-state index contributed by atoms with van der Waals surface area (Å²) in [6, 6.07) is 0. The van der Waals surface area contributed by atoms with Crippen LogP contribution in [0.25, 0.3) is 0 Å². The Morgan fingerprint density at radius 1 is 1.89 bits per heavy atom. The van der Waals surface area contributed by atoms with Crippen LogP contribution in [0, 0.1) is 0 Å². The van der Waals surface area contributed by atoms with E-state index in [1.54, 1.807) is 0 Å². The lowest BCUT2D eigenvalue weighted by Crippen LogP contribution is -2.07. The second kappa shape index (κ2) is 2.81. The van der Waals surface area contributed by atoms with Crippen molar-refractivity contribution in [1.29, 1.82) is 0 Å². The number of rotatable bonds is 1. The van der Waals surface area contributed by atoms with Gasteiger partial charge in [-0.15, -0.1) is 0 Å². The molecule has 1 rings (SSSR count). The van der Waals surface area contributed by atoms with E-state index in [0.29, 0.717) is 4.43 Å². The number of hydrogen-bond donors (Lipinski definition) is 0. The van der Waals surface area contributed by atoms with Crippen molar-refractivity contribution >= 4 is 28.6 Å². The number of ether oxygens (including phenoxy) is 1. The highest BCUT2D eigenvalue weighted by atomic mass is 127. The van der Waals surface area contributed by atoms with E-state index in [0.717, 1.165) is 0 Å². The average molecular weight is 244 g/mol. The van der Waals surface area contributed by atoms with E-state index in [1.165, 1.54) is 0 Å². The maximum Gasteiger partial charge on any atom is 0.341 e. The van der Waals surface area contributed by atoms with E-state index in [2.05, 4.69) is 27.3 Å². The van der Waals surface area contributed by atoms with Gasteiger partial charge < -0.3 is 4.74 Å². The van der Waals surface area contributed by atoms with Gasteiger partial charge in [-0.3, -0.25) is 0 Å². The van der Waals surface area contributed by atoms with Crippen molar-refractivity contribution in [1.82, 2.24) is 0 Å². The van der Waals surface area contributed by atoms with Gasteiger partial charge in [0.2, 0.25) is 6.17 Å². The number of alkyl halides is 2. The van der Waals surface area contributed by atoms with Crippen molar-refractivity contribution in [2.75, 3.05) is 4.43 Å². The first-order valence-electron chi connectivity index (χ1n) is 2.64. The van der Waals surface area contributed by atoms with Crippen molar-refractivity contribution in [2.45, 2.75) is 18.7 Å². The standard InChI is InChI=1S/C5H6FIO2/c6-4-1-3(2-7)9-5(4)8/h3-4H,1-2H2/t3-,4+/m1/s1. The number of halogens is 2. The predicted molar refractivity (Wildman–Crippen MR) is 38.3 cm³/mol. The van der Waals surface area contributed by atoms with Crippen molar-refractivity contribution in [3.8, 4) is 0 Å². The van der Waals surface area contributed by atoms with Gasteiger partial charge in [-0.05, 0) is 0 Å². The number of cyclic esters (lactones) is 1. The fourth-order valence-corrected chi connectivity index (χ4v) is 1.25. The van der Waals surface area contributed by atoms with E-state index >= 15 is 0 Å². The van der Waals surface area contributed by atoms with Gasteiger partial charge in [0.05, 0.1) is 0 Å². The summed E-state index contributed by atoms with van der Waals surface area (Å²) in [6.45, 7) is 0. The Hall–Kier alpha value is 0.130. The molecule has 1 saturated heterocycles. The summed E-state index contributed by atoms with van der Waals surface area (Å²) >= 11 is 2.07. The normalized spacial score (nSPS) is 34.7. The fourth-order valence-electron chi connectivity index (χ4n) is 0.708. The Kier molecular flexibility index (Phi) is 2.26. The summed E-state index contributed by atoms with van der Waals surface area (Å²) in [4.78, 5) is 10.3. The molecule has 0 bridgehead atoms. The molecular formula is C5H6FIO2. The molecule has 0 unspecified atom stereocenters. The highest BCUT2D eigenvalue weighted by Gasteiger charge is 2.33. The average Bonchev–Trinajstić information content (AvgIpc) is 2.13. The van der Waals surface area contributed by atoms with Gasteiger partial charge in [0.25, 0.3) is 0 Å². The third-order valence-electron chi connectivity index (χ3n) is 1.18. The van der Waals surface area contributed by atoms with Crippen molar-refractivity contribution in [2.24, 2.45) is 0 Å². The minimum absolute atomic E-state index is 0.187. The first kappa shape index (κ1) is 7.24. The monoisotopic (exact) mass is 244 g/mol. The molecule has 0 aromatic rings. The SMILES string of the molecule is O=C1O[C@@H](CI)C[C@@H]1F. The first-order valence-corrected chi connectivity index (χ1v) is 4.17. The summed E-state index contributed by atoms with van der Waals surface area (Å²) in [5, 5.41) is 0. The van der Waals surface area contributed by atoms with E-state index in [4.69, 9.17) is 0 Å². The van der Waals surface area contributed by atoms with Crippen LogP contribution in [0.3, 0.4) is 0 Å². The molecule has 0 saturated carbocycles. The van der Waals surface area contributed by atoms with Crippen LogP contribution in [0.4, 0.5) is 4.39 Å². The second-order valence-electron chi connectivity index (χ2n) is 1.92. The van der Waals surface area contributed by atoms with Crippen LogP contribution in [0.5, 0.6) is 0 Å². The van der Waals surface area contributed by atoms with Gasteiger partial charge in [0.1, 0.15) is 6.10 Å². The lowest BCUT2D eigenvalue weighted by atomic mass is 10.2. The molecule has 4 heteroatoms. The molecular weight excluding hydrogens is 238 g/mol. The summed E-state index contributed by atoms with van der Waals surface area (Å²) < 4.78 is 17.6. The molecule has 0 spiro atoms. The highest BCUT2D eigenvalue weighted by molar-refractivity contribution is 14.1. The van der Waals surface area contributed by atoms with Gasteiger partial charge in [-0.2, -0.15) is 0 Å². The zero-order chi connectivity index (χ0) is 6.85. The number of carbonyl (C=O) groups excluding carboxylic acids is 1. The van der Waals surface area contributed by atoms with E-state index in [9.17, 15) is 9.18 Å². The zero-order valence-electron chi connectivity index (χ0n) is 4.64. The lowest BCUT2D eigenvalue weighted by Gasteiger charge is -2.00. The lowest BCUT2D eigenvalue weighted by molar-refractivity contribution is -0.144. The highest BCUT2D eigenvalue weighted by Crippen LogP contribution is 2.18. The molecule has 2 atom stereocenters. The number of esters is 1. The Morgan fingerprint density at radius 3 is 2.78 bits per heavy atom. The third kappa shape index (κ3) is 1.53. The Morgan fingerprint density at radius 2 is 2.56 bits per heavy atom. The molecule has 52 valence electrons.